The second-order valence-corrected chi connectivity index (χ2v) is 7.71. The lowest BCUT2D eigenvalue weighted by Gasteiger charge is -2.16. The first-order valence-corrected chi connectivity index (χ1v) is 9.19. The Morgan fingerprint density at radius 3 is 2.56 bits per heavy atom. The van der Waals surface area contributed by atoms with Crippen molar-refractivity contribution in [1.29, 1.82) is 0 Å². The Morgan fingerprint density at radius 1 is 1.28 bits per heavy atom. The number of carbonyl (C=O) groups excluding carboxylic acids is 1. The molecule has 0 unspecified atom stereocenters. The molecule has 7 nitrogen and oxygen atoms in total. The number of carbonyl (C=O) groups is 1. The van der Waals surface area contributed by atoms with Gasteiger partial charge in [-0.15, -0.1) is 0 Å². The van der Waals surface area contributed by atoms with Crippen molar-refractivity contribution in [1.82, 2.24) is 9.29 Å². The predicted molar refractivity (Wildman–Crippen MR) is 95.7 cm³/mol. The number of benzene rings is 1. The number of nitrogens with zero attached hydrogens (tertiary/aromatic N) is 2. The van der Waals surface area contributed by atoms with Gasteiger partial charge in [-0.3, -0.25) is 4.79 Å². The number of hydrogen-bond donors (Lipinski definition) is 1. The third-order valence-electron chi connectivity index (χ3n) is 3.25. The average molecular weight is 384 g/mol. The number of halogens is 1. The van der Waals surface area contributed by atoms with Crippen LogP contribution < -0.4 is 10.1 Å². The van der Waals surface area contributed by atoms with Gasteiger partial charge in [-0.25, -0.2) is 17.7 Å². The van der Waals surface area contributed by atoms with Crippen LogP contribution in [0.25, 0.3) is 0 Å². The Morgan fingerprint density at radius 2 is 2.00 bits per heavy atom. The lowest BCUT2D eigenvalue weighted by Crippen LogP contribution is -2.23. The van der Waals surface area contributed by atoms with Crippen LogP contribution in [-0.2, 0) is 10.0 Å². The summed E-state index contributed by atoms with van der Waals surface area (Å²) in [6.07, 6.45) is 1.34. The van der Waals surface area contributed by atoms with Crippen molar-refractivity contribution in [2.75, 3.05) is 26.0 Å². The molecule has 0 spiro atoms. The maximum Gasteiger partial charge on any atom is 0.257 e. The molecular weight excluding hydrogens is 366 g/mol. The quantitative estimate of drug-likeness (QED) is 0.774. The van der Waals surface area contributed by atoms with Crippen molar-refractivity contribution < 1.29 is 17.9 Å². The van der Waals surface area contributed by atoms with Gasteiger partial charge in [0.1, 0.15) is 15.8 Å². The maximum atomic E-state index is 12.5. The largest absolute Gasteiger partial charge is 0.492 e. The monoisotopic (exact) mass is 383 g/mol. The molecule has 2 rings (SSSR count). The molecule has 1 amide bonds. The first kappa shape index (κ1) is 19.2. The molecule has 2 aromatic rings. The molecule has 0 aliphatic heterocycles. The van der Waals surface area contributed by atoms with Gasteiger partial charge in [0.2, 0.25) is 10.0 Å². The highest BCUT2D eigenvalue weighted by atomic mass is 35.5. The van der Waals surface area contributed by atoms with Crippen LogP contribution in [0.5, 0.6) is 5.75 Å². The summed E-state index contributed by atoms with van der Waals surface area (Å²) in [7, 11) is -0.878. The number of ether oxygens (including phenoxy) is 1. The predicted octanol–water partition coefficient (Wildman–Crippen LogP) is 2.64. The first-order chi connectivity index (χ1) is 11.8. The van der Waals surface area contributed by atoms with Gasteiger partial charge >= 0.3 is 0 Å². The highest BCUT2D eigenvalue weighted by molar-refractivity contribution is 7.89. The minimum absolute atomic E-state index is 0.0219. The summed E-state index contributed by atoms with van der Waals surface area (Å²) >= 11 is 5.70. The Hall–Kier alpha value is -2.16. The van der Waals surface area contributed by atoms with Crippen LogP contribution in [0.1, 0.15) is 17.3 Å². The highest BCUT2D eigenvalue weighted by Crippen LogP contribution is 2.29. The molecule has 0 bridgehead atoms. The van der Waals surface area contributed by atoms with Gasteiger partial charge in [0.15, 0.2) is 0 Å². The molecule has 1 N–H and O–H groups in total. The van der Waals surface area contributed by atoms with E-state index in [9.17, 15) is 13.2 Å². The molecule has 0 fully saturated rings. The molecule has 0 radical (unpaired) electrons. The molecule has 0 saturated carbocycles. The number of hydrogen-bond acceptors (Lipinski definition) is 5. The molecule has 1 heterocycles. The SMILES string of the molecule is CCOc1ccc(NC(=O)c2ccc(Cl)nc2)cc1S(=O)(=O)N(C)C. The van der Waals surface area contributed by atoms with Gasteiger partial charge in [-0.05, 0) is 37.3 Å². The molecule has 0 aliphatic carbocycles. The number of rotatable bonds is 6. The van der Waals surface area contributed by atoms with Gasteiger partial charge in [-0.2, -0.15) is 0 Å². The second kappa shape index (κ2) is 7.81. The molecule has 134 valence electrons. The Bertz CT molecular complexity index is 867. The van der Waals surface area contributed by atoms with Crippen LogP contribution in [0.2, 0.25) is 5.15 Å². The van der Waals surface area contributed by atoms with E-state index in [-0.39, 0.29) is 15.8 Å². The minimum atomic E-state index is -3.73. The van der Waals surface area contributed by atoms with Crippen LogP contribution in [0.4, 0.5) is 5.69 Å². The Labute approximate surface area is 151 Å². The van der Waals surface area contributed by atoms with E-state index in [1.54, 1.807) is 13.0 Å². The summed E-state index contributed by atoms with van der Waals surface area (Å²) in [5.41, 5.74) is 0.624. The standard InChI is InChI=1S/C16H18ClN3O4S/c1-4-24-13-7-6-12(9-14(13)25(22,23)20(2)3)19-16(21)11-5-8-15(17)18-10-11/h5-10H,4H2,1-3H3,(H,19,21). The summed E-state index contributed by atoms with van der Waals surface area (Å²) in [5.74, 6) is -0.205. The molecule has 25 heavy (non-hydrogen) atoms. The van der Waals surface area contributed by atoms with Crippen LogP contribution in [0.3, 0.4) is 0 Å². The van der Waals surface area contributed by atoms with Crippen molar-refractivity contribution in [2.24, 2.45) is 0 Å². The minimum Gasteiger partial charge on any atom is -0.492 e. The van der Waals surface area contributed by atoms with Gasteiger partial charge in [0, 0.05) is 26.0 Å². The van der Waals surface area contributed by atoms with E-state index in [0.29, 0.717) is 17.9 Å². The second-order valence-electron chi connectivity index (χ2n) is 5.21. The van der Waals surface area contributed by atoms with E-state index >= 15 is 0 Å². The van der Waals surface area contributed by atoms with Gasteiger partial charge < -0.3 is 10.1 Å². The third-order valence-corrected chi connectivity index (χ3v) is 5.31. The normalized spacial score (nSPS) is 11.4. The van der Waals surface area contributed by atoms with Crippen LogP contribution in [-0.4, -0.2) is 44.3 Å². The van der Waals surface area contributed by atoms with E-state index in [1.165, 1.54) is 44.6 Å². The maximum absolute atomic E-state index is 12.5. The van der Waals surface area contributed by atoms with Crippen LogP contribution >= 0.6 is 11.6 Å². The number of aromatic nitrogens is 1. The molecule has 1 aromatic heterocycles. The molecule has 0 saturated heterocycles. The van der Waals surface area contributed by atoms with Gasteiger partial charge in [0.25, 0.3) is 5.91 Å². The van der Waals surface area contributed by atoms with E-state index in [4.69, 9.17) is 16.3 Å². The Kier molecular flexibility index (Phi) is 5.99. The highest BCUT2D eigenvalue weighted by Gasteiger charge is 2.23. The fraction of sp³-hybridized carbons (Fsp3) is 0.250. The summed E-state index contributed by atoms with van der Waals surface area (Å²) in [5, 5.41) is 2.91. The Balaban J connectivity index is 2.36. The van der Waals surface area contributed by atoms with Crippen molar-refractivity contribution in [3.8, 4) is 5.75 Å². The third kappa shape index (κ3) is 4.47. The van der Waals surface area contributed by atoms with Crippen LogP contribution in [0, 0.1) is 0 Å². The summed E-state index contributed by atoms with van der Waals surface area (Å²) < 4.78 is 31.4. The number of nitrogens with one attached hydrogen (secondary N) is 1. The van der Waals surface area contributed by atoms with E-state index in [0.717, 1.165) is 4.31 Å². The van der Waals surface area contributed by atoms with Crippen molar-refractivity contribution in [3.05, 3.63) is 47.2 Å². The van der Waals surface area contributed by atoms with Crippen LogP contribution in [0.15, 0.2) is 41.4 Å². The number of anilines is 1. The molecule has 1 aromatic carbocycles. The summed E-state index contributed by atoms with van der Waals surface area (Å²) in [4.78, 5) is 16.1. The van der Waals surface area contributed by atoms with E-state index < -0.39 is 15.9 Å². The zero-order valence-corrected chi connectivity index (χ0v) is 15.6. The summed E-state index contributed by atoms with van der Waals surface area (Å²) in [6.45, 7) is 2.08. The number of amides is 1. The topological polar surface area (TPSA) is 88.6 Å². The summed E-state index contributed by atoms with van der Waals surface area (Å²) in [6, 6.07) is 7.46. The lowest BCUT2D eigenvalue weighted by molar-refractivity contribution is 0.102. The first-order valence-electron chi connectivity index (χ1n) is 7.38. The number of sulfonamides is 1. The average Bonchev–Trinajstić information content (AvgIpc) is 2.56. The van der Waals surface area contributed by atoms with E-state index in [2.05, 4.69) is 10.3 Å². The van der Waals surface area contributed by atoms with Crippen molar-refractivity contribution >= 4 is 33.2 Å². The zero-order chi connectivity index (χ0) is 18.6. The molecule has 0 atom stereocenters. The van der Waals surface area contributed by atoms with Gasteiger partial charge in [-0.1, -0.05) is 11.6 Å². The number of pyridine rings is 1. The van der Waals surface area contributed by atoms with Crippen molar-refractivity contribution in [2.45, 2.75) is 11.8 Å². The lowest BCUT2D eigenvalue weighted by atomic mass is 10.2. The zero-order valence-electron chi connectivity index (χ0n) is 14.0. The fourth-order valence-corrected chi connectivity index (χ4v) is 3.13. The smallest absolute Gasteiger partial charge is 0.257 e. The molecule has 0 aliphatic rings. The van der Waals surface area contributed by atoms with Crippen molar-refractivity contribution in [3.63, 3.8) is 0 Å². The van der Waals surface area contributed by atoms with E-state index in [1.807, 2.05) is 0 Å². The molecule has 9 heteroatoms. The molecular formula is C16H18ClN3O4S. The fourth-order valence-electron chi connectivity index (χ4n) is 1.97. The van der Waals surface area contributed by atoms with Gasteiger partial charge in [0.05, 0.1) is 12.2 Å².